The third kappa shape index (κ3) is 4.13. The summed E-state index contributed by atoms with van der Waals surface area (Å²) < 4.78 is 13.0. The normalized spacial score (nSPS) is 10.6. The Labute approximate surface area is 121 Å². The van der Waals surface area contributed by atoms with Crippen LogP contribution in [0.15, 0.2) is 24.3 Å². The number of nitrogens with zero attached hydrogens (tertiary/aromatic N) is 1. The second-order valence-electron chi connectivity index (χ2n) is 4.66. The average Bonchev–Trinajstić information content (AvgIpc) is 2.68. The Bertz CT molecular complexity index is 590. The largest absolute Gasteiger partial charge is 0.355 e. The molecule has 1 heterocycles. The summed E-state index contributed by atoms with van der Waals surface area (Å²) in [5.41, 5.74) is 1.74. The molecule has 1 amide bonds. The predicted octanol–water partition coefficient (Wildman–Crippen LogP) is 2.80. The fraction of sp³-hybridized carbons (Fsp3) is 0.333. The average molecular weight is 292 g/mol. The molecular formula is C15H17FN2OS. The van der Waals surface area contributed by atoms with E-state index in [4.69, 9.17) is 0 Å². The molecule has 0 unspecified atom stereocenters. The molecule has 20 heavy (non-hydrogen) atoms. The molecule has 0 bridgehead atoms. The van der Waals surface area contributed by atoms with E-state index in [-0.39, 0.29) is 18.1 Å². The standard InChI is InChI=1S/C15H17FN2OS/c1-10-11(2)20-15(18-10)6-7-17-14(19)9-12-4-3-5-13(16)8-12/h3-5,8H,6-7,9H2,1-2H3,(H,17,19). The summed E-state index contributed by atoms with van der Waals surface area (Å²) in [5.74, 6) is -0.412. The van der Waals surface area contributed by atoms with Crippen molar-refractivity contribution in [1.29, 1.82) is 0 Å². The Morgan fingerprint density at radius 2 is 2.20 bits per heavy atom. The molecule has 1 N–H and O–H groups in total. The second kappa shape index (κ2) is 6.61. The number of benzene rings is 1. The van der Waals surface area contributed by atoms with Crippen molar-refractivity contribution >= 4 is 17.2 Å². The Balaban J connectivity index is 1.78. The van der Waals surface area contributed by atoms with Crippen LogP contribution in [-0.4, -0.2) is 17.4 Å². The van der Waals surface area contributed by atoms with E-state index in [9.17, 15) is 9.18 Å². The van der Waals surface area contributed by atoms with Crippen LogP contribution in [0.25, 0.3) is 0 Å². The monoisotopic (exact) mass is 292 g/mol. The van der Waals surface area contributed by atoms with Gasteiger partial charge in [0.15, 0.2) is 0 Å². The zero-order valence-electron chi connectivity index (χ0n) is 11.6. The van der Waals surface area contributed by atoms with Crippen LogP contribution in [-0.2, 0) is 17.6 Å². The van der Waals surface area contributed by atoms with Crippen molar-refractivity contribution in [3.05, 3.63) is 51.2 Å². The first-order chi connectivity index (χ1) is 9.54. The minimum Gasteiger partial charge on any atom is -0.355 e. The smallest absolute Gasteiger partial charge is 0.224 e. The highest BCUT2D eigenvalue weighted by Gasteiger charge is 2.06. The van der Waals surface area contributed by atoms with E-state index in [2.05, 4.69) is 10.3 Å². The molecule has 2 aromatic rings. The zero-order chi connectivity index (χ0) is 14.5. The van der Waals surface area contributed by atoms with Gasteiger partial charge in [-0.05, 0) is 31.5 Å². The van der Waals surface area contributed by atoms with Crippen molar-refractivity contribution in [3.8, 4) is 0 Å². The van der Waals surface area contributed by atoms with Gasteiger partial charge in [0.2, 0.25) is 5.91 Å². The molecule has 3 nitrogen and oxygen atoms in total. The van der Waals surface area contributed by atoms with Crippen molar-refractivity contribution in [3.63, 3.8) is 0 Å². The SMILES string of the molecule is Cc1nc(CCNC(=O)Cc2cccc(F)c2)sc1C. The minimum absolute atomic E-state index is 0.0967. The van der Waals surface area contributed by atoms with Crippen LogP contribution in [0.1, 0.15) is 21.1 Å². The summed E-state index contributed by atoms with van der Waals surface area (Å²) in [6.45, 7) is 4.58. The molecule has 106 valence electrons. The van der Waals surface area contributed by atoms with Crippen LogP contribution in [0.3, 0.4) is 0 Å². The van der Waals surface area contributed by atoms with E-state index >= 15 is 0 Å². The highest BCUT2D eigenvalue weighted by Crippen LogP contribution is 2.16. The summed E-state index contributed by atoms with van der Waals surface area (Å²) in [5, 5.41) is 3.87. The lowest BCUT2D eigenvalue weighted by Gasteiger charge is -2.04. The predicted molar refractivity (Wildman–Crippen MR) is 78.4 cm³/mol. The number of aromatic nitrogens is 1. The van der Waals surface area contributed by atoms with Crippen LogP contribution in [0, 0.1) is 19.7 Å². The maximum atomic E-state index is 13.0. The zero-order valence-corrected chi connectivity index (χ0v) is 12.4. The first-order valence-electron chi connectivity index (χ1n) is 6.48. The van der Waals surface area contributed by atoms with Gasteiger partial charge in [0.05, 0.1) is 17.1 Å². The molecular weight excluding hydrogens is 275 g/mol. The van der Waals surface area contributed by atoms with E-state index in [1.807, 2.05) is 13.8 Å². The fourth-order valence-corrected chi connectivity index (χ4v) is 2.78. The Hall–Kier alpha value is -1.75. The van der Waals surface area contributed by atoms with Crippen molar-refractivity contribution in [1.82, 2.24) is 10.3 Å². The Morgan fingerprint density at radius 1 is 1.40 bits per heavy atom. The number of aryl methyl sites for hydroxylation is 2. The quantitative estimate of drug-likeness (QED) is 0.920. The van der Waals surface area contributed by atoms with E-state index in [0.717, 1.165) is 17.1 Å². The summed E-state index contributed by atoms with van der Waals surface area (Å²) in [6.07, 6.45) is 0.932. The maximum Gasteiger partial charge on any atom is 0.224 e. The summed E-state index contributed by atoms with van der Waals surface area (Å²) >= 11 is 1.66. The summed E-state index contributed by atoms with van der Waals surface area (Å²) in [6, 6.07) is 6.11. The molecule has 5 heteroatoms. The molecule has 0 saturated carbocycles. The van der Waals surface area contributed by atoms with Crippen LogP contribution in [0.4, 0.5) is 4.39 Å². The van der Waals surface area contributed by atoms with E-state index in [1.54, 1.807) is 23.5 Å². The second-order valence-corrected chi connectivity index (χ2v) is 5.94. The van der Waals surface area contributed by atoms with Gasteiger partial charge < -0.3 is 5.32 Å². The summed E-state index contributed by atoms with van der Waals surface area (Å²) in [7, 11) is 0. The van der Waals surface area contributed by atoms with Gasteiger partial charge in [0.25, 0.3) is 0 Å². The summed E-state index contributed by atoms with van der Waals surface area (Å²) in [4.78, 5) is 17.4. The number of hydrogen-bond donors (Lipinski definition) is 1. The number of thiazole rings is 1. The number of carbonyl (C=O) groups is 1. The molecule has 0 aliphatic carbocycles. The number of hydrogen-bond acceptors (Lipinski definition) is 3. The van der Waals surface area contributed by atoms with Crippen LogP contribution >= 0.6 is 11.3 Å². The third-order valence-electron chi connectivity index (χ3n) is 2.99. The Kier molecular flexibility index (Phi) is 4.84. The lowest BCUT2D eigenvalue weighted by atomic mass is 10.1. The number of halogens is 1. The van der Waals surface area contributed by atoms with Crippen LogP contribution < -0.4 is 5.32 Å². The number of rotatable bonds is 5. The van der Waals surface area contributed by atoms with E-state index in [1.165, 1.54) is 17.0 Å². The number of nitrogens with one attached hydrogen (secondary N) is 1. The molecule has 0 saturated heterocycles. The first kappa shape index (κ1) is 14.7. The van der Waals surface area contributed by atoms with Crippen molar-refractivity contribution in [2.75, 3.05) is 6.54 Å². The Morgan fingerprint density at radius 3 is 2.85 bits per heavy atom. The number of amides is 1. The van der Waals surface area contributed by atoms with Crippen LogP contribution in [0.5, 0.6) is 0 Å². The van der Waals surface area contributed by atoms with E-state index in [0.29, 0.717) is 12.1 Å². The minimum atomic E-state index is -0.316. The van der Waals surface area contributed by atoms with Gasteiger partial charge in [-0.15, -0.1) is 11.3 Å². The molecule has 0 aliphatic rings. The lowest BCUT2D eigenvalue weighted by Crippen LogP contribution is -2.27. The topological polar surface area (TPSA) is 42.0 Å². The molecule has 0 spiro atoms. The number of carbonyl (C=O) groups excluding carboxylic acids is 1. The van der Waals surface area contributed by atoms with Crippen LogP contribution in [0.2, 0.25) is 0 Å². The van der Waals surface area contributed by atoms with Gasteiger partial charge in [-0.2, -0.15) is 0 Å². The molecule has 0 atom stereocenters. The molecule has 2 rings (SSSR count). The van der Waals surface area contributed by atoms with Gasteiger partial charge in [0.1, 0.15) is 5.82 Å². The van der Waals surface area contributed by atoms with E-state index < -0.39 is 0 Å². The molecule has 0 aliphatic heterocycles. The highest BCUT2D eigenvalue weighted by molar-refractivity contribution is 7.11. The third-order valence-corrected chi connectivity index (χ3v) is 4.12. The van der Waals surface area contributed by atoms with Gasteiger partial charge in [0, 0.05) is 17.8 Å². The molecule has 0 radical (unpaired) electrons. The van der Waals surface area contributed by atoms with Gasteiger partial charge in [-0.25, -0.2) is 9.37 Å². The fourth-order valence-electron chi connectivity index (χ4n) is 1.85. The lowest BCUT2D eigenvalue weighted by molar-refractivity contribution is -0.120. The van der Waals surface area contributed by atoms with Crippen molar-refractivity contribution < 1.29 is 9.18 Å². The maximum absolute atomic E-state index is 13.0. The molecule has 0 fully saturated rings. The van der Waals surface area contributed by atoms with Gasteiger partial charge in [-0.1, -0.05) is 12.1 Å². The van der Waals surface area contributed by atoms with Gasteiger partial charge in [-0.3, -0.25) is 4.79 Å². The molecule has 1 aromatic heterocycles. The van der Waals surface area contributed by atoms with Gasteiger partial charge >= 0.3 is 0 Å². The van der Waals surface area contributed by atoms with Crippen molar-refractivity contribution in [2.45, 2.75) is 26.7 Å². The highest BCUT2D eigenvalue weighted by atomic mass is 32.1. The van der Waals surface area contributed by atoms with Crippen molar-refractivity contribution in [2.24, 2.45) is 0 Å². The first-order valence-corrected chi connectivity index (χ1v) is 7.30. The molecule has 1 aromatic carbocycles.